The monoisotopic (exact) mass is 487 g/mol. The fourth-order valence-electron chi connectivity index (χ4n) is 2.81. The summed E-state index contributed by atoms with van der Waals surface area (Å²) in [5.74, 6) is -0.242. The van der Waals surface area contributed by atoms with Crippen LogP contribution in [-0.4, -0.2) is 42.2 Å². The molecule has 7 heteroatoms. The van der Waals surface area contributed by atoms with Gasteiger partial charge in [-0.1, -0.05) is 60.0 Å². The van der Waals surface area contributed by atoms with E-state index in [-0.39, 0.29) is 23.4 Å². The smallest absolute Gasteiger partial charge is 0.330 e. The van der Waals surface area contributed by atoms with Crippen molar-refractivity contribution >= 4 is 31.9 Å². The van der Waals surface area contributed by atoms with E-state index >= 15 is 0 Å². The number of hydrogen-bond donors (Lipinski definition) is 0. The fraction of sp³-hybridized carbons (Fsp3) is 0.591. The first-order valence-corrected chi connectivity index (χ1v) is 12.5. The standard InChI is InChI=1S/C22H34BrNO4S/c1-7-18(3)20(16-23)24(15-9-8-10-21(25)28-22(4,5)6)29(26,27)19-13-11-17(2)12-14-19/h8,10-14,18,20H,7,9,15-16H2,1-6H3/b10-8+/t18-,20+/m0/s1. The SMILES string of the molecule is CC[C@H](C)[C@@H](CBr)N(CC/C=C/C(=O)OC(C)(C)C)S(=O)(=O)c1ccc(C)cc1. The van der Waals surface area contributed by atoms with E-state index in [9.17, 15) is 13.2 Å². The number of ether oxygens (including phenoxy) is 1. The maximum absolute atomic E-state index is 13.4. The first-order chi connectivity index (χ1) is 13.4. The van der Waals surface area contributed by atoms with E-state index in [0.717, 1.165) is 12.0 Å². The summed E-state index contributed by atoms with van der Waals surface area (Å²) in [6.45, 7) is 11.7. The van der Waals surface area contributed by atoms with E-state index in [1.54, 1.807) is 55.4 Å². The van der Waals surface area contributed by atoms with Gasteiger partial charge in [0.05, 0.1) is 4.90 Å². The van der Waals surface area contributed by atoms with Gasteiger partial charge in [-0.15, -0.1) is 0 Å². The number of rotatable bonds is 10. The molecule has 1 aromatic carbocycles. The summed E-state index contributed by atoms with van der Waals surface area (Å²) >= 11 is 3.50. The van der Waals surface area contributed by atoms with Gasteiger partial charge in [-0.2, -0.15) is 4.31 Å². The molecule has 5 nitrogen and oxygen atoms in total. The Morgan fingerprint density at radius 3 is 2.31 bits per heavy atom. The molecule has 164 valence electrons. The Morgan fingerprint density at radius 2 is 1.83 bits per heavy atom. The van der Waals surface area contributed by atoms with Crippen molar-refractivity contribution < 1.29 is 17.9 Å². The molecular formula is C22H34BrNO4S. The van der Waals surface area contributed by atoms with E-state index in [1.807, 2.05) is 6.92 Å². The summed E-state index contributed by atoms with van der Waals surface area (Å²) in [6.07, 6.45) is 4.33. The van der Waals surface area contributed by atoms with E-state index in [2.05, 4.69) is 29.8 Å². The van der Waals surface area contributed by atoms with Crippen molar-refractivity contribution in [2.45, 2.75) is 70.9 Å². The average Bonchev–Trinajstić information content (AvgIpc) is 2.62. The number of aryl methyl sites for hydroxylation is 1. The molecular weight excluding hydrogens is 454 g/mol. The van der Waals surface area contributed by atoms with Crippen LogP contribution in [0.4, 0.5) is 0 Å². The van der Waals surface area contributed by atoms with Crippen molar-refractivity contribution in [2.75, 3.05) is 11.9 Å². The Balaban J connectivity index is 3.06. The van der Waals surface area contributed by atoms with Crippen molar-refractivity contribution in [3.8, 4) is 0 Å². The van der Waals surface area contributed by atoms with Crippen LogP contribution in [0.25, 0.3) is 0 Å². The number of hydrogen-bond acceptors (Lipinski definition) is 4. The highest BCUT2D eigenvalue weighted by Crippen LogP contribution is 2.25. The topological polar surface area (TPSA) is 63.7 Å². The summed E-state index contributed by atoms with van der Waals surface area (Å²) in [6, 6.07) is 6.73. The highest BCUT2D eigenvalue weighted by molar-refractivity contribution is 9.09. The number of halogens is 1. The van der Waals surface area contributed by atoms with Crippen LogP contribution >= 0.6 is 15.9 Å². The largest absolute Gasteiger partial charge is 0.457 e. The molecule has 0 unspecified atom stereocenters. The molecule has 0 amide bonds. The van der Waals surface area contributed by atoms with Gasteiger partial charge in [0.15, 0.2) is 0 Å². The maximum atomic E-state index is 13.4. The zero-order valence-corrected chi connectivity index (χ0v) is 20.7. The first-order valence-electron chi connectivity index (χ1n) is 9.96. The number of sulfonamides is 1. The summed E-state index contributed by atoms with van der Waals surface area (Å²) in [7, 11) is -3.66. The van der Waals surface area contributed by atoms with Crippen LogP contribution in [-0.2, 0) is 19.6 Å². The molecule has 0 spiro atoms. The van der Waals surface area contributed by atoms with Gasteiger partial charge < -0.3 is 4.74 Å². The van der Waals surface area contributed by atoms with Crippen molar-refractivity contribution in [2.24, 2.45) is 5.92 Å². The van der Waals surface area contributed by atoms with Gasteiger partial charge in [0.25, 0.3) is 0 Å². The lowest BCUT2D eigenvalue weighted by atomic mass is 10.0. The number of carbonyl (C=O) groups is 1. The number of benzene rings is 1. The predicted molar refractivity (Wildman–Crippen MR) is 122 cm³/mol. The summed E-state index contributed by atoms with van der Waals surface area (Å²) in [5, 5.41) is 0.545. The molecule has 1 aromatic rings. The van der Waals surface area contributed by atoms with Crippen molar-refractivity contribution in [3.05, 3.63) is 42.0 Å². The minimum absolute atomic E-state index is 0.179. The van der Waals surface area contributed by atoms with Crippen LogP contribution < -0.4 is 0 Å². The van der Waals surface area contributed by atoms with Crippen LogP contribution in [0.3, 0.4) is 0 Å². The zero-order chi connectivity index (χ0) is 22.2. The minimum Gasteiger partial charge on any atom is -0.457 e. The average molecular weight is 488 g/mol. The van der Waals surface area contributed by atoms with Crippen molar-refractivity contribution in [3.63, 3.8) is 0 Å². The van der Waals surface area contributed by atoms with Gasteiger partial charge in [-0.25, -0.2) is 13.2 Å². The van der Waals surface area contributed by atoms with Crippen LogP contribution in [0.1, 0.15) is 53.0 Å². The summed E-state index contributed by atoms with van der Waals surface area (Å²) < 4.78 is 33.5. The van der Waals surface area contributed by atoms with Crippen LogP contribution in [0, 0.1) is 12.8 Å². The third-order valence-electron chi connectivity index (χ3n) is 4.63. The Bertz CT molecular complexity index is 782. The number of nitrogens with zero attached hydrogens (tertiary/aromatic N) is 1. The lowest BCUT2D eigenvalue weighted by Crippen LogP contribution is -2.45. The summed E-state index contributed by atoms with van der Waals surface area (Å²) in [5.41, 5.74) is 0.453. The van der Waals surface area contributed by atoms with E-state index in [0.29, 0.717) is 11.8 Å². The molecule has 0 N–H and O–H groups in total. The predicted octanol–water partition coefficient (Wildman–Crippen LogP) is 5.08. The lowest BCUT2D eigenvalue weighted by molar-refractivity contribution is -0.148. The second kappa shape index (κ2) is 11.3. The second-order valence-electron chi connectivity index (χ2n) is 8.26. The zero-order valence-electron chi connectivity index (χ0n) is 18.3. The van der Waals surface area contributed by atoms with Crippen molar-refractivity contribution in [1.29, 1.82) is 0 Å². The molecule has 29 heavy (non-hydrogen) atoms. The van der Waals surface area contributed by atoms with Crippen LogP contribution in [0.2, 0.25) is 0 Å². The normalized spacial score (nSPS) is 14.9. The molecule has 0 radical (unpaired) electrons. The summed E-state index contributed by atoms with van der Waals surface area (Å²) in [4.78, 5) is 12.1. The molecule has 0 heterocycles. The van der Waals surface area contributed by atoms with E-state index < -0.39 is 21.6 Å². The minimum atomic E-state index is -3.66. The third kappa shape index (κ3) is 8.22. The second-order valence-corrected chi connectivity index (χ2v) is 10.8. The molecule has 1 rings (SSSR count). The van der Waals surface area contributed by atoms with E-state index in [1.165, 1.54) is 6.08 Å². The molecule has 0 aliphatic carbocycles. The van der Waals surface area contributed by atoms with Crippen LogP contribution in [0.15, 0.2) is 41.3 Å². The quantitative estimate of drug-likeness (QED) is 0.262. The van der Waals surface area contributed by atoms with Gasteiger partial charge in [0.1, 0.15) is 5.60 Å². The van der Waals surface area contributed by atoms with Gasteiger partial charge in [-0.3, -0.25) is 0 Å². The van der Waals surface area contributed by atoms with Gasteiger partial charge in [0, 0.05) is 24.0 Å². The molecule has 0 aromatic heterocycles. The Labute approximate surface area is 184 Å². The number of carbonyl (C=O) groups excluding carboxylic acids is 1. The molecule has 0 aliphatic rings. The molecule has 0 bridgehead atoms. The maximum Gasteiger partial charge on any atom is 0.330 e. The van der Waals surface area contributed by atoms with Gasteiger partial charge >= 0.3 is 5.97 Å². The Hall–Kier alpha value is -1.18. The number of esters is 1. The highest BCUT2D eigenvalue weighted by Gasteiger charge is 2.33. The molecule has 0 fully saturated rings. The van der Waals surface area contributed by atoms with Crippen LogP contribution in [0.5, 0.6) is 0 Å². The first kappa shape index (κ1) is 25.9. The van der Waals surface area contributed by atoms with E-state index in [4.69, 9.17) is 4.74 Å². The van der Waals surface area contributed by atoms with Crippen molar-refractivity contribution in [1.82, 2.24) is 4.31 Å². The highest BCUT2D eigenvalue weighted by atomic mass is 79.9. The molecule has 0 saturated heterocycles. The Morgan fingerprint density at radius 1 is 1.24 bits per heavy atom. The molecule has 2 atom stereocenters. The van der Waals surface area contributed by atoms with Gasteiger partial charge in [0.2, 0.25) is 10.0 Å². The Kier molecular flexibility index (Phi) is 10.1. The lowest BCUT2D eigenvalue weighted by Gasteiger charge is -2.33. The molecule has 0 saturated carbocycles. The fourth-order valence-corrected chi connectivity index (χ4v) is 5.73. The third-order valence-corrected chi connectivity index (χ3v) is 7.24. The number of alkyl halides is 1. The van der Waals surface area contributed by atoms with Gasteiger partial charge in [-0.05, 0) is 52.2 Å². The molecule has 0 aliphatic heterocycles.